The first-order chi connectivity index (χ1) is 15.6. The second-order valence-electron chi connectivity index (χ2n) is 8.98. The third-order valence-corrected chi connectivity index (χ3v) is 6.99. The van der Waals surface area contributed by atoms with E-state index in [1.807, 2.05) is 13.8 Å². The molecule has 1 atom stereocenters. The molecular formula is C22H23F3N4O3S. The molecule has 7 nitrogen and oxygen atoms in total. The van der Waals surface area contributed by atoms with E-state index in [1.165, 1.54) is 23.5 Å². The lowest BCUT2D eigenvalue weighted by Gasteiger charge is -2.35. The Kier molecular flexibility index (Phi) is 5.28. The summed E-state index contributed by atoms with van der Waals surface area (Å²) < 4.78 is 47.8. The van der Waals surface area contributed by atoms with Gasteiger partial charge >= 0.3 is 6.36 Å². The van der Waals surface area contributed by atoms with Crippen LogP contribution in [0, 0.1) is 0 Å². The number of alkyl halides is 3. The smallest absolute Gasteiger partial charge is 0.406 e. The molecule has 0 spiro atoms. The number of thiazole rings is 1. The summed E-state index contributed by atoms with van der Waals surface area (Å²) in [5.41, 5.74) is 2.04. The van der Waals surface area contributed by atoms with Gasteiger partial charge in [-0.3, -0.25) is 4.79 Å². The number of benzene rings is 1. The zero-order chi connectivity index (χ0) is 23.4. The molecule has 11 heteroatoms. The highest BCUT2D eigenvalue weighted by Gasteiger charge is 2.36. The molecule has 5 rings (SSSR count). The van der Waals surface area contributed by atoms with Crippen molar-refractivity contribution in [1.82, 2.24) is 15.3 Å². The fourth-order valence-electron chi connectivity index (χ4n) is 4.44. The van der Waals surface area contributed by atoms with Crippen molar-refractivity contribution in [3.8, 4) is 5.75 Å². The molecule has 1 fully saturated rings. The number of carbonyl (C=O) groups is 1. The van der Waals surface area contributed by atoms with Crippen LogP contribution in [-0.4, -0.2) is 53.6 Å². The third kappa shape index (κ3) is 4.51. The number of nitrogens with zero attached hydrogens (tertiary/aromatic N) is 2. The Balaban J connectivity index is 1.42. The van der Waals surface area contributed by atoms with Crippen LogP contribution in [0.4, 0.5) is 18.3 Å². The van der Waals surface area contributed by atoms with Crippen molar-refractivity contribution in [3.05, 3.63) is 40.5 Å². The zero-order valence-electron chi connectivity index (χ0n) is 18.1. The number of hydrogen-bond acceptors (Lipinski definition) is 6. The minimum atomic E-state index is -4.75. The third-order valence-electron chi connectivity index (χ3n) is 5.85. The number of aromatic amines is 1. The van der Waals surface area contributed by atoms with Gasteiger partial charge in [-0.2, -0.15) is 0 Å². The van der Waals surface area contributed by atoms with Crippen molar-refractivity contribution in [2.24, 2.45) is 0 Å². The van der Waals surface area contributed by atoms with Gasteiger partial charge in [0.25, 0.3) is 5.91 Å². The number of nitrogens with one attached hydrogen (secondary N) is 2. The van der Waals surface area contributed by atoms with E-state index in [2.05, 4.69) is 19.9 Å². The predicted molar refractivity (Wildman–Crippen MR) is 118 cm³/mol. The van der Waals surface area contributed by atoms with Gasteiger partial charge in [0, 0.05) is 35.6 Å². The van der Waals surface area contributed by atoms with Gasteiger partial charge < -0.3 is 24.7 Å². The van der Waals surface area contributed by atoms with E-state index in [1.54, 1.807) is 12.3 Å². The van der Waals surface area contributed by atoms with Crippen LogP contribution in [-0.2, 0) is 17.6 Å². The number of rotatable bonds is 4. The van der Waals surface area contributed by atoms with E-state index in [0.717, 1.165) is 21.9 Å². The van der Waals surface area contributed by atoms with Crippen LogP contribution in [0.15, 0.2) is 24.4 Å². The molecule has 2 N–H and O–H groups in total. The molecule has 2 aliphatic rings. The van der Waals surface area contributed by atoms with Crippen molar-refractivity contribution in [2.45, 2.75) is 44.6 Å². The molecule has 4 heterocycles. The molecule has 1 amide bonds. The fraction of sp³-hybridized carbons (Fsp3) is 0.455. The van der Waals surface area contributed by atoms with Crippen LogP contribution in [0.2, 0.25) is 0 Å². The van der Waals surface area contributed by atoms with E-state index in [4.69, 9.17) is 9.72 Å². The maximum Gasteiger partial charge on any atom is 0.573 e. The Hall–Kier alpha value is -2.79. The van der Waals surface area contributed by atoms with Crippen LogP contribution in [0.3, 0.4) is 0 Å². The predicted octanol–water partition coefficient (Wildman–Crippen LogP) is 4.04. The van der Waals surface area contributed by atoms with Crippen molar-refractivity contribution >= 4 is 33.3 Å². The fourth-order valence-corrected chi connectivity index (χ4v) is 5.51. The van der Waals surface area contributed by atoms with Crippen molar-refractivity contribution in [3.63, 3.8) is 0 Å². The van der Waals surface area contributed by atoms with Gasteiger partial charge in [0.05, 0.1) is 24.9 Å². The molecule has 33 heavy (non-hydrogen) atoms. The highest BCUT2D eigenvalue weighted by Crippen LogP contribution is 2.35. The Morgan fingerprint density at radius 3 is 2.97 bits per heavy atom. The molecule has 0 aliphatic carbocycles. The molecule has 0 unspecified atom stereocenters. The van der Waals surface area contributed by atoms with Crippen molar-refractivity contribution in [2.75, 3.05) is 24.7 Å². The van der Waals surface area contributed by atoms with Crippen molar-refractivity contribution in [1.29, 1.82) is 0 Å². The van der Waals surface area contributed by atoms with Gasteiger partial charge in [-0.25, -0.2) is 4.98 Å². The quantitative estimate of drug-likeness (QED) is 0.590. The summed E-state index contributed by atoms with van der Waals surface area (Å²) in [6.45, 7) is 5.55. The average molecular weight is 481 g/mol. The second-order valence-corrected chi connectivity index (χ2v) is 9.96. The van der Waals surface area contributed by atoms with Gasteiger partial charge in [0.15, 0.2) is 5.13 Å². The molecule has 1 aromatic carbocycles. The van der Waals surface area contributed by atoms with Crippen LogP contribution in [0.5, 0.6) is 5.75 Å². The van der Waals surface area contributed by atoms with Gasteiger partial charge in [0.1, 0.15) is 10.6 Å². The van der Waals surface area contributed by atoms with Crippen LogP contribution in [0.25, 0.3) is 10.9 Å². The standard InChI is InChI=1S/C22H23F3N4O3S/c1-21(2)9-17-18(19(30)28-21)33-20(27-17)29-5-6-31-11-13(29)7-12-10-26-16-4-3-14(8-15(12)16)32-22(23,24)25/h3-4,8,10,13,26H,5-7,9,11H2,1-2H3,(H,28,30)/t13-/m0/s1. The normalized spacial score (nSPS) is 20.6. The Morgan fingerprint density at radius 1 is 1.36 bits per heavy atom. The lowest BCUT2D eigenvalue weighted by atomic mass is 9.94. The van der Waals surface area contributed by atoms with Gasteiger partial charge in [-0.1, -0.05) is 11.3 Å². The first-order valence-corrected chi connectivity index (χ1v) is 11.4. The molecule has 3 aromatic rings. The Labute approximate surface area is 191 Å². The Morgan fingerprint density at radius 2 is 2.18 bits per heavy atom. The summed E-state index contributed by atoms with van der Waals surface area (Å²) in [5, 5.41) is 4.44. The summed E-state index contributed by atoms with van der Waals surface area (Å²) in [6.07, 6.45) is -1.75. The van der Waals surface area contributed by atoms with Gasteiger partial charge in [-0.15, -0.1) is 13.2 Å². The molecule has 0 saturated carbocycles. The highest BCUT2D eigenvalue weighted by atomic mass is 32.1. The number of morpholine rings is 1. The largest absolute Gasteiger partial charge is 0.573 e. The number of halogens is 3. The number of hydrogen-bond donors (Lipinski definition) is 2. The minimum absolute atomic E-state index is 0.0754. The monoisotopic (exact) mass is 480 g/mol. The number of amides is 1. The number of ether oxygens (including phenoxy) is 2. The first kappa shape index (κ1) is 22.0. The number of anilines is 1. The van der Waals surface area contributed by atoms with Crippen LogP contribution >= 0.6 is 11.3 Å². The maximum absolute atomic E-state index is 12.7. The number of carbonyl (C=O) groups excluding carboxylic acids is 1. The SMILES string of the molecule is CC1(C)Cc2nc(N3CCOC[C@@H]3Cc3c[nH]c4ccc(OC(F)(F)F)cc34)sc2C(=O)N1. The summed E-state index contributed by atoms with van der Waals surface area (Å²) in [5.74, 6) is -0.363. The number of H-pyrrole nitrogens is 1. The van der Waals surface area contributed by atoms with E-state index in [0.29, 0.717) is 42.9 Å². The highest BCUT2D eigenvalue weighted by molar-refractivity contribution is 7.17. The molecule has 0 radical (unpaired) electrons. The average Bonchev–Trinajstić information content (AvgIpc) is 3.31. The molecule has 2 aromatic heterocycles. The summed E-state index contributed by atoms with van der Waals surface area (Å²) in [6, 6.07) is 4.19. The molecule has 1 saturated heterocycles. The van der Waals surface area contributed by atoms with Crippen LogP contribution < -0.4 is 15.0 Å². The Bertz CT molecular complexity index is 1200. The second kappa shape index (κ2) is 7.91. The molecular weight excluding hydrogens is 457 g/mol. The van der Waals surface area contributed by atoms with Gasteiger partial charge in [-0.05, 0) is 44.0 Å². The lowest BCUT2D eigenvalue weighted by Crippen LogP contribution is -2.48. The first-order valence-electron chi connectivity index (χ1n) is 10.6. The summed E-state index contributed by atoms with van der Waals surface area (Å²) in [4.78, 5) is 23.2. The van der Waals surface area contributed by atoms with E-state index >= 15 is 0 Å². The number of aromatic nitrogens is 2. The minimum Gasteiger partial charge on any atom is -0.406 e. The number of fused-ring (bicyclic) bond motifs is 2. The van der Waals surface area contributed by atoms with E-state index in [-0.39, 0.29) is 23.2 Å². The molecule has 0 bridgehead atoms. The topological polar surface area (TPSA) is 79.5 Å². The van der Waals surface area contributed by atoms with Crippen molar-refractivity contribution < 1.29 is 27.4 Å². The summed E-state index contributed by atoms with van der Waals surface area (Å²) >= 11 is 1.37. The molecule has 2 aliphatic heterocycles. The van der Waals surface area contributed by atoms with Crippen LogP contribution in [0.1, 0.15) is 34.8 Å². The molecule has 176 valence electrons. The summed E-state index contributed by atoms with van der Waals surface area (Å²) in [7, 11) is 0. The van der Waals surface area contributed by atoms with E-state index < -0.39 is 6.36 Å². The van der Waals surface area contributed by atoms with E-state index in [9.17, 15) is 18.0 Å². The lowest BCUT2D eigenvalue weighted by molar-refractivity contribution is -0.274. The maximum atomic E-state index is 12.7. The zero-order valence-corrected chi connectivity index (χ0v) is 18.9. The van der Waals surface area contributed by atoms with Gasteiger partial charge in [0.2, 0.25) is 0 Å².